The molecule has 0 spiro atoms. The van der Waals surface area contributed by atoms with E-state index in [1.807, 2.05) is 31.2 Å². The van der Waals surface area contributed by atoms with Gasteiger partial charge in [-0.1, -0.05) is 18.2 Å². The molecule has 0 radical (unpaired) electrons. The van der Waals surface area contributed by atoms with Gasteiger partial charge in [0.05, 0.1) is 5.69 Å². The van der Waals surface area contributed by atoms with Gasteiger partial charge in [0, 0.05) is 17.3 Å². The molecule has 1 unspecified atom stereocenters. The number of amides is 1. The van der Waals surface area contributed by atoms with Crippen LogP contribution in [0.2, 0.25) is 0 Å². The summed E-state index contributed by atoms with van der Waals surface area (Å²) in [6, 6.07) is 12.1. The maximum absolute atomic E-state index is 13.5. The monoisotopic (exact) mass is 270 g/mol. The van der Waals surface area contributed by atoms with Gasteiger partial charge in [-0.05, 0) is 43.2 Å². The maximum Gasteiger partial charge on any atom is 0.258 e. The number of hydrogen-bond acceptors (Lipinski definition) is 2. The zero-order valence-corrected chi connectivity index (χ0v) is 11.1. The predicted octanol–water partition coefficient (Wildman–Crippen LogP) is 3.00. The van der Waals surface area contributed by atoms with Crippen molar-refractivity contribution >= 4 is 17.3 Å². The summed E-state index contributed by atoms with van der Waals surface area (Å²) in [6.07, 6.45) is 0.819. The standard InChI is InChI=1S/C16H15FN2O/c1-10-8-11-4-2-3-5-15(11)19(10)16(20)12-6-7-14(18)13(17)9-12/h2-7,9-10H,8,18H2,1H3. The molecule has 1 heterocycles. The number of fused-ring (bicyclic) bond motifs is 1. The lowest BCUT2D eigenvalue weighted by Gasteiger charge is -2.23. The fraction of sp³-hybridized carbons (Fsp3) is 0.188. The number of hydrogen-bond donors (Lipinski definition) is 1. The zero-order valence-electron chi connectivity index (χ0n) is 11.1. The van der Waals surface area contributed by atoms with Gasteiger partial charge in [-0.25, -0.2) is 4.39 Å². The minimum absolute atomic E-state index is 0.0522. The minimum Gasteiger partial charge on any atom is -0.396 e. The summed E-state index contributed by atoms with van der Waals surface area (Å²) < 4.78 is 13.5. The SMILES string of the molecule is CC1Cc2ccccc2N1C(=O)c1ccc(N)c(F)c1. The van der Waals surface area contributed by atoms with E-state index in [4.69, 9.17) is 5.73 Å². The van der Waals surface area contributed by atoms with Crippen LogP contribution >= 0.6 is 0 Å². The van der Waals surface area contributed by atoms with Gasteiger partial charge in [0.2, 0.25) is 0 Å². The van der Waals surface area contributed by atoms with Crippen molar-refractivity contribution in [3.63, 3.8) is 0 Å². The van der Waals surface area contributed by atoms with E-state index < -0.39 is 5.82 Å². The van der Waals surface area contributed by atoms with Crippen LogP contribution in [0, 0.1) is 5.82 Å². The van der Waals surface area contributed by atoms with Crippen LogP contribution in [0.4, 0.5) is 15.8 Å². The molecule has 2 aromatic rings. The number of carbonyl (C=O) groups is 1. The summed E-state index contributed by atoms with van der Waals surface area (Å²) in [7, 11) is 0. The molecule has 0 fully saturated rings. The number of benzene rings is 2. The molecule has 0 aromatic heterocycles. The third-order valence-electron chi connectivity index (χ3n) is 3.67. The number of rotatable bonds is 1. The number of nitrogens with two attached hydrogens (primary N) is 1. The molecule has 1 amide bonds. The molecule has 1 atom stereocenters. The normalized spacial score (nSPS) is 17.1. The Labute approximate surface area is 116 Å². The van der Waals surface area contributed by atoms with E-state index >= 15 is 0 Å². The van der Waals surface area contributed by atoms with E-state index in [1.54, 1.807) is 11.0 Å². The van der Waals surface area contributed by atoms with Crippen molar-refractivity contribution < 1.29 is 9.18 Å². The van der Waals surface area contributed by atoms with Crippen molar-refractivity contribution in [2.75, 3.05) is 10.6 Å². The molecule has 1 aliphatic rings. The largest absolute Gasteiger partial charge is 0.396 e. The van der Waals surface area contributed by atoms with Crippen LogP contribution in [0.5, 0.6) is 0 Å². The number of halogens is 1. The van der Waals surface area contributed by atoms with Crippen LogP contribution in [0.3, 0.4) is 0 Å². The molecule has 2 aromatic carbocycles. The van der Waals surface area contributed by atoms with Gasteiger partial charge >= 0.3 is 0 Å². The molecule has 3 rings (SSSR count). The average Bonchev–Trinajstić information content (AvgIpc) is 2.77. The van der Waals surface area contributed by atoms with Gasteiger partial charge < -0.3 is 10.6 Å². The van der Waals surface area contributed by atoms with Crippen LogP contribution in [0.25, 0.3) is 0 Å². The average molecular weight is 270 g/mol. The van der Waals surface area contributed by atoms with E-state index in [-0.39, 0.29) is 17.6 Å². The molecular formula is C16H15FN2O. The van der Waals surface area contributed by atoms with Crippen LogP contribution in [-0.4, -0.2) is 11.9 Å². The van der Waals surface area contributed by atoms with Crippen LogP contribution in [0.1, 0.15) is 22.8 Å². The first-order valence-electron chi connectivity index (χ1n) is 6.54. The second-order valence-corrected chi connectivity index (χ2v) is 5.09. The first-order valence-corrected chi connectivity index (χ1v) is 6.54. The number of nitrogens with zero attached hydrogens (tertiary/aromatic N) is 1. The quantitative estimate of drug-likeness (QED) is 0.810. The topological polar surface area (TPSA) is 46.3 Å². The van der Waals surface area contributed by atoms with Crippen LogP contribution in [0.15, 0.2) is 42.5 Å². The summed E-state index contributed by atoms with van der Waals surface area (Å²) in [4.78, 5) is 14.3. The van der Waals surface area contributed by atoms with E-state index in [1.165, 1.54) is 12.1 Å². The Morgan fingerprint density at radius 3 is 2.80 bits per heavy atom. The number of carbonyl (C=O) groups excluding carboxylic acids is 1. The molecule has 2 N–H and O–H groups in total. The second-order valence-electron chi connectivity index (χ2n) is 5.09. The smallest absolute Gasteiger partial charge is 0.258 e. The minimum atomic E-state index is -0.559. The molecular weight excluding hydrogens is 255 g/mol. The Kier molecular flexibility index (Phi) is 2.93. The highest BCUT2D eigenvalue weighted by molar-refractivity contribution is 6.07. The molecule has 20 heavy (non-hydrogen) atoms. The van der Waals surface area contributed by atoms with Crippen molar-refractivity contribution in [2.24, 2.45) is 0 Å². The molecule has 3 nitrogen and oxygen atoms in total. The molecule has 102 valence electrons. The van der Waals surface area contributed by atoms with Gasteiger partial charge in [0.25, 0.3) is 5.91 Å². The molecule has 1 aliphatic heterocycles. The second kappa shape index (κ2) is 4.63. The highest BCUT2D eigenvalue weighted by atomic mass is 19.1. The predicted molar refractivity (Wildman–Crippen MR) is 77.2 cm³/mol. The fourth-order valence-corrected chi connectivity index (χ4v) is 2.67. The third kappa shape index (κ3) is 1.93. The van der Waals surface area contributed by atoms with Crippen molar-refractivity contribution in [2.45, 2.75) is 19.4 Å². The summed E-state index contributed by atoms with van der Waals surface area (Å²) in [5.41, 5.74) is 7.87. The zero-order chi connectivity index (χ0) is 14.3. The summed E-state index contributed by atoms with van der Waals surface area (Å²) >= 11 is 0. The van der Waals surface area contributed by atoms with Crippen LogP contribution < -0.4 is 10.6 Å². The Morgan fingerprint density at radius 2 is 2.05 bits per heavy atom. The van der Waals surface area contributed by atoms with Crippen LogP contribution in [-0.2, 0) is 6.42 Å². The van der Waals surface area contributed by atoms with Gasteiger partial charge in [-0.15, -0.1) is 0 Å². The van der Waals surface area contributed by atoms with Crippen molar-refractivity contribution in [3.05, 3.63) is 59.4 Å². The molecule has 0 saturated carbocycles. The number of anilines is 2. The van der Waals surface area contributed by atoms with E-state index in [9.17, 15) is 9.18 Å². The highest BCUT2D eigenvalue weighted by Gasteiger charge is 2.31. The summed E-state index contributed by atoms with van der Waals surface area (Å²) in [6.45, 7) is 1.99. The van der Waals surface area contributed by atoms with E-state index in [0.29, 0.717) is 5.56 Å². The molecule has 0 saturated heterocycles. The first kappa shape index (κ1) is 12.7. The number of nitrogen functional groups attached to an aromatic ring is 1. The molecule has 0 bridgehead atoms. The lowest BCUT2D eigenvalue weighted by molar-refractivity contribution is 0.0981. The summed E-state index contributed by atoms with van der Waals surface area (Å²) in [5, 5.41) is 0. The van der Waals surface area contributed by atoms with Gasteiger partial charge in [-0.2, -0.15) is 0 Å². The summed E-state index contributed by atoms with van der Waals surface area (Å²) in [5.74, 6) is -0.752. The molecule has 4 heteroatoms. The fourth-order valence-electron chi connectivity index (χ4n) is 2.67. The van der Waals surface area contributed by atoms with E-state index in [2.05, 4.69) is 0 Å². The lowest BCUT2D eigenvalue weighted by atomic mass is 10.1. The van der Waals surface area contributed by atoms with Crippen molar-refractivity contribution in [1.29, 1.82) is 0 Å². The Bertz CT molecular complexity index is 684. The van der Waals surface area contributed by atoms with Gasteiger partial charge in [0.1, 0.15) is 5.82 Å². The van der Waals surface area contributed by atoms with E-state index in [0.717, 1.165) is 17.7 Å². The van der Waals surface area contributed by atoms with Crippen molar-refractivity contribution in [3.8, 4) is 0 Å². The Balaban J connectivity index is 2.00. The Morgan fingerprint density at radius 1 is 1.30 bits per heavy atom. The van der Waals surface area contributed by atoms with Gasteiger partial charge in [0.15, 0.2) is 0 Å². The Hall–Kier alpha value is -2.36. The third-order valence-corrected chi connectivity index (χ3v) is 3.67. The highest BCUT2D eigenvalue weighted by Crippen LogP contribution is 2.33. The lowest BCUT2D eigenvalue weighted by Crippen LogP contribution is -2.35. The van der Waals surface area contributed by atoms with Gasteiger partial charge in [-0.3, -0.25) is 4.79 Å². The molecule has 0 aliphatic carbocycles. The maximum atomic E-state index is 13.5. The van der Waals surface area contributed by atoms with Crippen molar-refractivity contribution in [1.82, 2.24) is 0 Å². The number of para-hydroxylation sites is 1. The first-order chi connectivity index (χ1) is 9.58.